The summed E-state index contributed by atoms with van der Waals surface area (Å²) in [4.78, 5) is 0. The Labute approximate surface area is 127 Å². The molecular formula is C19H26O2. The molecule has 2 nitrogen and oxygen atoms in total. The Morgan fingerprint density at radius 2 is 1.81 bits per heavy atom. The van der Waals surface area contributed by atoms with Gasteiger partial charge in [-0.05, 0) is 57.4 Å². The van der Waals surface area contributed by atoms with Crippen LogP contribution in [0, 0.1) is 11.3 Å². The summed E-state index contributed by atoms with van der Waals surface area (Å²) in [6, 6.07) is 10.6. The Morgan fingerprint density at radius 3 is 2.57 bits per heavy atom. The first-order chi connectivity index (χ1) is 10.1. The molecule has 21 heavy (non-hydrogen) atoms. The van der Waals surface area contributed by atoms with Gasteiger partial charge < -0.3 is 9.84 Å². The summed E-state index contributed by atoms with van der Waals surface area (Å²) in [6.45, 7) is 2.97. The van der Waals surface area contributed by atoms with Gasteiger partial charge in [0.1, 0.15) is 0 Å². The van der Waals surface area contributed by atoms with E-state index >= 15 is 0 Å². The number of hydrogen-bond donors (Lipinski definition) is 1. The summed E-state index contributed by atoms with van der Waals surface area (Å²) in [7, 11) is 0. The van der Waals surface area contributed by atoms with E-state index in [9.17, 15) is 5.11 Å². The van der Waals surface area contributed by atoms with E-state index in [1.165, 1.54) is 12.0 Å². The van der Waals surface area contributed by atoms with E-state index in [2.05, 4.69) is 37.3 Å². The number of benzene rings is 1. The van der Waals surface area contributed by atoms with E-state index in [1.54, 1.807) is 0 Å². The maximum absolute atomic E-state index is 11.7. The van der Waals surface area contributed by atoms with Gasteiger partial charge in [0.05, 0.1) is 17.8 Å². The molecule has 2 aliphatic carbocycles. The van der Waals surface area contributed by atoms with Gasteiger partial charge in [0.2, 0.25) is 0 Å². The molecule has 1 saturated heterocycles. The number of rotatable bonds is 2. The lowest BCUT2D eigenvalue weighted by Gasteiger charge is -2.57. The highest BCUT2D eigenvalue weighted by molar-refractivity contribution is 5.23. The van der Waals surface area contributed by atoms with Crippen LogP contribution in [-0.2, 0) is 11.2 Å². The largest absolute Gasteiger partial charge is 0.389 e. The molecule has 0 bridgehead atoms. The minimum Gasteiger partial charge on any atom is -0.389 e. The van der Waals surface area contributed by atoms with Crippen LogP contribution in [0.15, 0.2) is 30.3 Å². The molecule has 1 spiro atoms. The fraction of sp³-hybridized carbons (Fsp3) is 0.684. The average molecular weight is 286 g/mol. The van der Waals surface area contributed by atoms with Crippen molar-refractivity contribution in [3.05, 3.63) is 35.9 Å². The van der Waals surface area contributed by atoms with Gasteiger partial charge in [0.25, 0.3) is 0 Å². The second kappa shape index (κ2) is 4.57. The molecule has 1 aromatic carbocycles. The second-order valence-corrected chi connectivity index (χ2v) is 7.64. The summed E-state index contributed by atoms with van der Waals surface area (Å²) in [5, 5.41) is 11.7. The van der Waals surface area contributed by atoms with E-state index in [4.69, 9.17) is 4.74 Å². The average Bonchev–Trinajstić information content (AvgIpc) is 3.01. The van der Waals surface area contributed by atoms with Crippen LogP contribution in [0.5, 0.6) is 0 Å². The maximum Gasteiger partial charge on any atom is 0.0784 e. The Kier molecular flexibility index (Phi) is 3.00. The first-order valence-electron chi connectivity index (χ1n) is 8.50. The van der Waals surface area contributed by atoms with Crippen LogP contribution in [0.25, 0.3) is 0 Å². The Bertz CT molecular complexity index is 524. The first-order valence-corrected chi connectivity index (χ1v) is 8.50. The van der Waals surface area contributed by atoms with Crippen LogP contribution >= 0.6 is 0 Å². The minimum atomic E-state index is -0.521. The van der Waals surface area contributed by atoms with Crippen LogP contribution in [0.2, 0.25) is 0 Å². The molecule has 0 radical (unpaired) electrons. The van der Waals surface area contributed by atoms with Gasteiger partial charge in [-0.2, -0.15) is 0 Å². The standard InChI is InChI=1S/C19H26O2/c1-17-9-5-10-18(17)11-6-12-19(18,20)16(14-21-17)13-15-7-3-2-4-8-15/h2-4,7-8,16,20H,5-6,9-14H2,1H3/t16-,17-,18+,19+/m1/s1. The van der Waals surface area contributed by atoms with Gasteiger partial charge in [-0.25, -0.2) is 0 Å². The molecule has 3 aliphatic rings. The molecule has 2 saturated carbocycles. The molecule has 1 N–H and O–H groups in total. The highest BCUT2D eigenvalue weighted by Crippen LogP contribution is 2.67. The molecular weight excluding hydrogens is 260 g/mol. The van der Waals surface area contributed by atoms with Crippen molar-refractivity contribution in [1.29, 1.82) is 0 Å². The summed E-state index contributed by atoms with van der Waals surface area (Å²) in [5.74, 6) is 0.244. The van der Waals surface area contributed by atoms with Crippen molar-refractivity contribution in [3.63, 3.8) is 0 Å². The molecule has 0 amide bonds. The number of aliphatic hydroxyl groups is 1. The summed E-state index contributed by atoms with van der Waals surface area (Å²) in [5.41, 5.74) is 0.721. The van der Waals surface area contributed by atoms with Crippen molar-refractivity contribution in [1.82, 2.24) is 0 Å². The smallest absolute Gasteiger partial charge is 0.0784 e. The van der Waals surface area contributed by atoms with Crippen molar-refractivity contribution >= 4 is 0 Å². The zero-order valence-electron chi connectivity index (χ0n) is 13.0. The van der Waals surface area contributed by atoms with Crippen LogP contribution in [0.3, 0.4) is 0 Å². The fourth-order valence-corrected chi connectivity index (χ4v) is 5.76. The summed E-state index contributed by atoms with van der Waals surface area (Å²) >= 11 is 0. The molecule has 4 atom stereocenters. The van der Waals surface area contributed by atoms with Gasteiger partial charge in [-0.3, -0.25) is 0 Å². The number of hydrogen-bond acceptors (Lipinski definition) is 2. The molecule has 0 unspecified atom stereocenters. The molecule has 114 valence electrons. The van der Waals surface area contributed by atoms with Crippen LogP contribution in [-0.4, -0.2) is 22.9 Å². The summed E-state index contributed by atoms with van der Waals surface area (Å²) < 4.78 is 6.38. The molecule has 1 aromatic rings. The van der Waals surface area contributed by atoms with E-state index in [-0.39, 0.29) is 16.9 Å². The third kappa shape index (κ3) is 1.72. The van der Waals surface area contributed by atoms with Crippen LogP contribution < -0.4 is 0 Å². The zero-order chi connectivity index (χ0) is 14.6. The highest BCUT2D eigenvalue weighted by Gasteiger charge is 2.70. The van der Waals surface area contributed by atoms with Gasteiger partial charge in [-0.15, -0.1) is 0 Å². The predicted molar refractivity (Wildman–Crippen MR) is 83.1 cm³/mol. The van der Waals surface area contributed by atoms with Gasteiger partial charge in [0.15, 0.2) is 0 Å². The summed E-state index contributed by atoms with van der Waals surface area (Å²) in [6.07, 6.45) is 7.67. The molecule has 4 rings (SSSR count). The zero-order valence-corrected chi connectivity index (χ0v) is 13.0. The van der Waals surface area contributed by atoms with E-state index in [1.807, 2.05) is 0 Å². The van der Waals surface area contributed by atoms with E-state index in [0.29, 0.717) is 6.61 Å². The van der Waals surface area contributed by atoms with Gasteiger partial charge >= 0.3 is 0 Å². The lowest BCUT2D eigenvalue weighted by atomic mass is 9.58. The topological polar surface area (TPSA) is 29.5 Å². The van der Waals surface area contributed by atoms with E-state index in [0.717, 1.165) is 38.5 Å². The molecule has 1 aliphatic heterocycles. The molecule has 3 fully saturated rings. The maximum atomic E-state index is 11.7. The van der Waals surface area contributed by atoms with Crippen molar-refractivity contribution in [2.45, 2.75) is 63.1 Å². The second-order valence-electron chi connectivity index (χ2n) is 7.64. The lowest BCUT2D eigenvalue weighted by molar-refractivity contribution is -0.259. The first kappa shape index (κ1) is 13.8. The fourth-order valence-electron chi connectivity index (χ4n) is 5.76. The predicted octanol–water partition coefficient (Wildman–Crippen LogP) is 3.72. The van der Waals surface area contributed by atoms with Gasteiger partial charge in [0, 0.05) is 11.3 Å². The van der Waals surface area contributed by atoms with Crippen molar-refractivity contribution in [3.8, 4) is 0 Å². The van der Waals surface area contributed by atoms with Crippen LogP contribution in [0.4, 0.5) is 0 Å². The van der Waals surface area contributed by atoms with Crippen molar-refractivity contribution < 1.29 is 9.84 Å². The third-order valence-electron chi connectivity index (χ3n) is 6.86. The van der Waals surface area contributed by atoms with Crippen molar-refractivity contribution in [2.24, 2.45) is 11.3 Å². The SMILES string of the molecule is C[C@@]12CCC[C@]13CCC[C@]3(O)[C@H](Cc1ccccc1)CO2. The van der Waals surface area contributed by atoms with E-state index < -0.39 is 5.60 Å². The monoisotopic (exact) mass is 286 g/mol. The normalized spacial score (nSPS) is 45.3. The quantitative estimate of drug-likeness (QED) is 0.898. The Balaban J connectivity index is 1.68. The number of ether oxygens (including phenoxy) is 1. The molecule has 0 aromatic heterocycles. The third-order valence-corrected chi connectivity index (χ3v) is 6.86. The Hall–Kier alpha value is -0.860. The minimum absolute atomic E-state index is 0.0116. The highest BCUT2D eigenvalue weighted by atomic mass is 16.5. The van der Waals surface area contributed by atoms with Gasteiger partial charge in [-0.1, -0.05) is 30.3 Å². The van der Waals surface area contributed by atoms with Crippen molar-refractivity contribution in [2.75, 3.05) is 6.61 Å². The van der Waals surface area contributed by atoms with Crippen LogP contribution in [0.1, 0.15) is 51.0 Å². The molecule has 2 heteroatoms. The Morgan fingerprint density at radius 1 is 1.10 bits per heavy atom. The lowest BCUT2D eigenvalue weighted by Crippen LogP contribution is -2.64. The molecule has 1 heterocycles.